The van der Waals surface area contributed by atoms with E-state index in [2.05, 4.69) is 4.98 Å². The highest BCUT2D eigenvalue weighted by Crippen LogP contribution is 2.47. The predicted octanol–water partition coefficient (Wildman–Crippen LogP) is 0.649. The van der Waals surface area contributed by atoms with E-state index in [1.54, 1.807) is 10.8 Å². The van der Waals surface area contributed by atoms with Gasteiger partial charge in [0, 0.05) is 31.1 Å². The van der Waals surface area contributed by atoms with Crippen molar-refractivity contribution in [1.29, 1.82) is 0 Å². The lowest BCUT2D eigenvalue weighted by Crippen LogP contribution is -2.58. The number of hydrogen-bond acceptors (Lipinski definition) is 8. The van der Waals surface area contributed by atoms with Crippen LogP contribution in [0.5, 0.6) is 0 Å². The minimum Gasteiger partial charge on any atom is -0.459 e. The predicted molar refractivity (Wildman–Crippen MR) is 101 cm³/mol. The second-order valence-corrected chi connectivity index (χ2v) is 10.1. The van der Waals surface area contributed by atoms with E-state index < -0.39 is 42.8 Å². The number of nitro groups is 1. The zero-order chi connectivity index (χ0) is 21.7. The molecule has 3 atom stereocenters. The molecule has 0 radical (unpaired) electrons. The molecule has 2 aromatic rings. The molecule has 0 saturated carbocycles. The highest BCUT2D eigenvalue weighted by atomic mass is 32.2. The number of amides is 1. The number of β-lactam (4-membered cyclic amide) rings is 1. The number of sulfone groups is 1. The minimum absolute atomic E-state index is 0.0626. The Kier molecular flexibility index (Phi) is 4.60. The largest absolute Gasteiger partial charge is 0.459 e. The molecule has 3 heterocycles. The Morgan fingerprint density at radius 1 is 1.37 bits per heavy atom. The third kappa shape index (κ3) is 2.95. The first-order chi connectivity index (χ1) is 14.1. The molecule has 2 saturated heterocycles. The average molecular weight is 434 g/mol. The van der Waals surface area contributed by atoms with Crippen LogP contribution in [0.15, 0.2) is 43.0 Å². The summed E-state index contributed by atoms with van der Waals surface area (Å²) in [6, 6.07) is 4.15. The first-order valence-corrected chi connectivity index (χ1v) is 10.6. The Balaban J connectivity index is 1.58. The maximum absolute atomic E-state index is 13.1. The molecule has 2 aliphatic rings. The zero-order valence-electron chi connectivity index (χ0n) is 15.9. The molecule has 30 heavy (non-hydrogen) atoms. The van der Waals surface area contributed by atoms with E-state index in [0.717, 1.165) is 4.90 Å². The highest BCUT2D eigenvalue weighted by Gasteiger charge is 2.70. The van der Waals surface area contributed by atoms with Crippen LogP contribution in [0.3, 0.4) is 0 Å². The van der Waals surface area contributed by atoms with Crippen molar-refractivity contribution in [3.8, 4) is 0 Å². The Labute approximate surface area is 171 Å². The number of nitrogens with zero attached hydrogens (tertiary/aromatic N) is 4. The fourth-order valence-corrected chi connectivity index (χ4v) is 6.33. The Morgan fingerprint density at radius 2 is 2.07 bits per heavy atom. The monoisotopic (exact) mass is 434 g/mol. The number of rotatable bonds is 6. The fraction of sp³-hybridized carbons (Fsp3) is 0.389. The molecule has 2 fully saturated rings. The zero-order valence-corrected chi connectivity index (χ0v) is 16.7. The van der Waals surface area contributed by atoms with E-state index in [0.29, 0.717) is 5.56 Å². The number of ether oxygens (including phenoxy) is 1. The molecule has 1 amide bonds. The van der Waals surface area contributed by atoms with Crippen LogP contribution in [0.4, 0.5) is 5.69 Å². The number of fused-ring (bicyclic) bond motifs is 1. The van der Waals surface area contributed by atoms with Crippen molar-refractivity contribution >= 4 is 27.4 Å². The molecule has 0 unspecified atom stereocenters. The van der Waals surface area contributed by atoms with Crippen LogP contribution in [-0.4, -0.2) is 55.8 Å². The van der Waals surface area contributed by atoms with E-state index in [1.807, 2.05) is 0 Å². The highest BCUT2D eigenvalue weighted by molar-refractivity contribution is 7.93. The summed E-state index contributed by atoms with van der Waals surface area (Å²) in [5.74, 6) is -1.26. The van der Waals surface area contributed by atoms with Crippen molar-refractivity contribution < 1.29 is 27.7 Å². The van der Waals surface area contributed by atoms with Crippen molar-refractivity contribution in [1.82, 2.24) is 14.5 Å². The lowest BCUT2D eigenvalue weighted by molar-refractivity contribution is -0.384. The minimum atomic E-state index is -3.85. The number of benzene rings is 1. The number of carbonyl (C=O) groups excluding carboxylic acids is 2. The summed E-state index contributed by atoms with van der Waals surface area (Å²) in [6.45, 7) is 1.17. The van der Waals surface area contributed by atoms with Crippen molar-refractivity contribution in [2.75, 3.05) is 0 Å². The maximum Gasteiger partial charge on any atom is 0.330 e. The van der Waals surface area contributed by atoms with Gasteiger partial charge in [-0.3, -0.25) is 14.9 Å². The Hall–Kier alpha value is -3.28. The molecule has 2 aliphatic heterocycles. The van der Waals surface area contributed by atoms with Crippen LogP contribution in [0.2, 0.25) is 0 Å². The number of esters is 1. The SMILES string of the molecule is C[C@]1(Cn2ccnc2)[C@H](C(=O)OCc2ccc([N+](=O)[O-])cc2)N2C(=O)C[C@@H]2S1(=O)=O. The summed E-state index contributed by atoms with van der Waals surface area (Å²) >= 11 is 0. The van der Waals surface area contributed by atoms with Gasteiger partial charge in [0.25, 0.3) is 5.69 Å². The normalized spacial score (nSPS) is 26.7. The fourth-order valence-electron chi connectivity index (χ4n) is 3.96. The topological polar surface area (TPSA) is 142 Å². The van der Waals surface area contributed by atoms with Gasteiger partial charge in [0.15, 0.2) is 15.9 Å². The van der Waals surface area contributed by atoms with Gasteiger partial charge in [0.1, 0.15) is 16.7 Å². The molecule has 0 aliphatic carbocycles. The summed E-state index contributed by atoms with van der Waals surface area (Å²) in [6.07, 6.45) is 4.36. The quantitative estimate of drug-likeness (QED) is 0.279. The Bertz CT molecular complexity index is 1110. The van der Waals surface area contributed by atoms with Gasteiger partial charge in [-0.1, -0.05) is 0 Å². The van der Waals surface area contributed by atoms with Crippen LogP contribution < -0.4 is 0 Å². The lowest BCUT2D eigenvalue weighted by Gasteiger charge is -2.36. The van der Waals surface area contributed by atoms with Gasteiger partial charge in [-0.05, 0) is 24.6 Å². The molecule has 0 bridgehead atoms. The van der Waals surface area contributed by atoms with Crippen LogP contribution in [0, 0.1) is 10.1 Å². The van der Waals surface area contributed by atoms with Gasteiger partial charge < -0.3 is 14.2 Å². The summed E-state index contributed by atoms with van der Waals surface area (Å²) < 4.78 is 31.6. The van der Waals surface area contributed by atoms with Crippen molar-refractivity contribution in [2.24, 2.45) is 0 Å². The third-order valence-corrected chi connectivity index (χ3v) is 8.38. The van der Waals surface area contributed by atoms with E-state index in [1.165, 1.54) is 43.7 Å². The molecule has 1 aromatic heterocycles. The smallest absolute Gasteiger partial charge is 0.330 e. The third-order valence-electron chi connectivity index (χ3n) is 5.62. The van der Waals surface area contributed by atoms with E-state index >= 15 is 0 Å². The molecule has 4 rings (SSSR count). The second-order valence-electron chi connectivity index (χ2n) is 7.49. The molecule has 1 aromatic carbocycles. The molecule has 11 nitrogen and oxygen atoms in total. The molecule has 158 valence electrons. The number of non-ortho nitro benzene ring substituents is 1. The molecule has 12 heteroatoms. The Morgan fingerprint density at radius 3 is 2.63 bits per heavy atom. The number of aromatic nitrogens is 2. The maximum atomic E-state index is 13.1. The number of nitro benzene ring substituents is 1. The average Bonchev–Trinajstić information content (AvgIpc) is 3.24. The van der Waals surface area contributed by atoms with E-state index in [-0.39, 0.29) is 25.3 Å². The van der Waals surface area contributed by atoms with E-state index in [4.69, 9.17) is 4.74 Å². The van der Waals surface area contributed by atoms with Gasteiger partial charge in [-0.25, -0.2) is 18.2 Å². The molecule has 0 N–H and O–H groups in total. The van der Waals surface area contributed by atoms with Crippen molar-refractivity contribution in [3.05, 3.63) is 58.7 Å². The molecular formula is C18H18N4O7S. The van der Waals surface area contributed by atoms with Crippen LogP contribution in [0.1, 0.15) is 18.9 Å². The number of carbonyl (C=O) groups is 2. The summed E-state index contributed by atoms with van der Waals surface area (Å²) in [5.41, 5.74) is 0.395. The van der Waals surface area contributed by atoms with Crippen LogP contribution >= 0.6 is 0 Å². The summed E-state index contributed by atoms with van der Waals surface area (Å²) in [4.78, 5) is 40.3. The van der Waals surface area contributed by atoms with E-state index in [9.17, 15) is 28.1 Å². The van der Waals surface area contributed by atoms with Gasteiger partial charge in [-0.15, -0.1) is 0 Å². The standard InChI is InChI=1S/C18H18N4O7S/c1-18(10-20-7-6-19-11-20)16(21-14(23)8-15(21)30(18,27)28)17(24)29-9-12-2-4-13(5-3-12)22(25)26/h2-7,11,15-16H,8-10H2,1H3/t15-,16-,18-/m0/s1. The van der Waals surface area contributed by atoms with Gasteiger partial charge in [-0.2, -0.15) is 0 Å². The second kappa shape index (κ2) is 6.90. The summed E-state index contributed by atoms with van der Waals surface area (Å²) in [5, 5.41) is 9.69. The van der Waals surface area contributed by atoms with Crippen molar-refractivity contribution in [2.45, 2.75) is 42.7 Å². The number of imidazole rings is 1. The van der Waals surface area contributed by atoms with Gasteiger partial charge in [0.05, 0.1) is 17.7 Å². The van der Waals surface area contributed by atoms with Crippen LogP contribution in [0.25, 0.3) is 0 Å². The molecular weight excluding hydrogens is 416 g/mol. The van der Waals surface area contributed by atoms with Gasteiger partial charge >= 0.3 is 5.97 Å². The lowest BCUT2D eigenvalue weighted by atomic mass is 9.96. The van der Waals surface area contributed by atoms with Crippen molar-refractivity contribution in [3.63, 3.8) is 0 Å². The first kappa shape index (κ1) is 20.0. The first-order valence-electron chi connectivity index (χ1n) is 9.05. The number of hydrogen-bond donors (Lipinski definition) is 0. The summed E-state index contributed by atoms with van der Waals surface area (Å²) in [7, 11) is -3.85. The molecule has 0 spiro atoms. The van der Waals surface area contributed by atoms with Crippen LogP contribution in [-0.2, 0) is 37.3 Å². The van der Waals surface area contributed by atoms with Gasteiger partial charge in [0.2, 0.25) is 5.91 Å².